The van der Waals surface area contributed by atoms with Crippen LogP contribution in [0.5, 0.6) is 0 Å². The highest BCUT2D eigenvalue weighted by atomic mass is 16.1. The molecule has 0 fully saturated rings. The number of aromatic nitrogens is 4. The van der Waals surface area contributed by atoms with E-state index in [9.17, 15) is 4.79 Å². The molecule has 8 heteroatoms. The lowest BCUT2D eigenvalue weighted by Gasteiger charge is -2.07. The molecule has 0 atom stereocenters. The summed E-state index contributed by atoms with van der Waals surface area (Å²) in [6.45, 7) is 3.64. The molecule has 8 nitrogen and oxygen atoms in total. The normalized spacial score (nSPS) is 11.4. The largest absolute Gasteiger partial charge is 0.382 e. The summed E-state index contributed by atoms with van der Waals surface area (Å²) in [5.74, 6) is 0.370. The first-order valence-electron chi connectivity index (χ1n) is 9.15. The summed E-state index contributed by atoms with van der Waals surface area (Å²) in [4.78, 5) is 13.0. The lowest BCUT2D eigenvalue weighted by atomic mass is 10.3. The van der Waals surface area contributed by atoms with Gasteiger partial charge < -0.3 is 5.73 Å². The van der Waals surface area contributed by atoms with Crippen molar-refractivity contribution in [2.75, 3.05) is 5.73 Å². The lowest BCUT2D eigenvalue weighted by molar-refractivity contribution is 0.630. The van der Waals surface area contributed by atoms with Crippen LogP contribution in [0, 0.1) is 13.8 Å². The maximum Gasteiger partial charge on any atom is 0.299 e. The number of nitrogen functional groups attached to an aromatic ring is 1. The van der Waals surface area contributed by atoms with E-state index in [-0.39, 0.29) is 11.2 Å². The summed E-state index contributed by atoms with van der Waals surface area (Å²) in [6, 6.07) is 19.0. The van der Waals surface area contributed by atoms with E-state index < -0.39 is 0 Å². The van der Waals surface area contributed by atoms with Gasteiger partial charge in [-0.3, -0.25) is 9.48 Å². The molecule has 0 bridgehead atoms. The topological polar surface area (TPSA) is 95.5 Å². The highest BCUT2D eigenvalue weighted by molar-refractivity contribution is 5.64. The predicted molar refractivity (Wildman–Crippen MR) is 113 cm³/mol. The van der Waals surface area contributed by atoms with Gasteiger partial charge in [-0.15, -0.1) is 10.2 Å². The average Bonchev–Trinajstić information content (AvgIpc) is 3.14. The fraction of sp³-hybridized carbons (Fsp3) is 0.143. The molecule has 0 saturated carbocycles. The molecule has 2 N–H and O–H groups in total. The molecule has 0 saturated heterocycles. The Labute approximate surface area is 167 Å². The maximum atomic E-state index is 13.0. The van der Waals surface area contributed by atoms with Crippen LogP contribution in [0.4, 0.5) is 17.2 Å². The van der Waals surface area contributed by atoms with Gasteiger partial charge in [0.25, 0.3) is 5.56 Å². The van der Waals surface area contributed by atoms with Crippen molar-refractivity contribution in [2.45, 2.75) is 13.8 Å². The van der Waals surface area contributed by atoms with Gasteiger partial charge in [-0.1, -0.05) is 36.4 Å². The molecule has 2 aromatic heterocycles. The van der Waals surface area contributed by atoms with E-state index in [1.807, 2.05) is 81.6 Å². The molecule has 0 aliphatic carbocycles. The van der Waals surface area contributed by atoms with Gasteiger partial charge in [-0.05, 0) is 38.1 Å². The minimum absolute atomic E-state index is 0.244. The van der Waals surface area contributed by atoms with Crippen LogP contribution in [-0.4, -0.2) is 19.1 Å². The van der Waals surface area contributed by atoms with Crippen LogP contribution in [-0.2, 0) is 7.05 Å². The van der Waals surface area contributed by atoms with E-state index in [1.54, 1.807) is 14.0 Å². The molecular formula is C21H21N7O. The maximum absolute atomic E-state index is 13.0. The summed E-state index contributed by atoms with van der Waals surface area (Å²) in [5.41, 5.74) is 9.66. The number of rotatable bonds is 4. The second kappa shape index (κ2) is 7.23. The third kappa shape index (κ3) is 3.14. The Kier molecular flexibility index (Phi) is 4.59. The van der Waals surface area contributed by atoms with Crippen LogP contribution in [0.2, 0.25) is 0 Å². The molecule has 0 aliphatic rings. The van der Waals surface area contributed by atoms with Crippen LogP contribution in [0.15, 0.2) is 75.7 Å². The fourth-order valence-electron chi connectivity index (χ4n) is 3.20. The van der Waals surface area contributed by atoms with Gasteiger partial charge in [-0.2, -0.15) is 5.10 Å². The second-order valence-corrected chi connectivity index (χ2v) is 6.68. The van der Waals surface area contributed by atoms with Crippen molar-refractivity contribution in [2.24, 2.45) is 17.3 Å². The van der Waals surface area contributed by atoms with Gasteiger partial charge in [0.15, 0.2) is 17.2 Å². The highest BCUT2D eigenvalue weighted by Gasteiger charge is 2.17. The highest BCUT2D eigenvalue weighted by Crippen LogP contribution is 2.30. The van der Waals surface area contributed by atoms with Crippen molar-refractivity contribution in [3.8, 4) is 11.4 Å². The van der Waals surface area contributed by atoms with Crippen LogP contribution in [0.3, 0.4) is 0 Å². The number of nitrogens with two attached hydrogens (primary N) is 1. The Balaban J connectivity index is 1.77. The molecule has 0 spiro atoms. The molecule has 4 aromatic rings. The number of nitrogens with zero attached hydrogens (tertiary/aromatic N) is 6. The van der Waals surface area contributed by atoms with Crippen molar-refractivity contribution in [1.29, 1.82) is 0 Å². The summed E-state index contributed by atoms with van der Waals surface area (Å²) < 4.78 is 4.94. The van der Waals surface area contributed by atoms with Gasteiger partial charge >= 0.3 is 0 Å². The van der Waals surface area contributed by atoms with Gasteiger partial charge in [0.1, 0.15) is 0 Å². The number of hydrogen-bond acceptors (Lipinski definition) is 5. The summed E-state index contributed by atoms with van der Waals surface area (Å²) in [7, 11) is 1.82. The van der Waals surface area contributed by atoms with E-state index in [0.717, 1.165) is 11.4 Å². The van der Waals surface area contributed by atoms with E-state index in [2.05, 4.69) is 15.3 Å². The quantitative estimate of drug-likeness (QED) is 0.537. The Hall–Kier alpha value is -3.94. The molecule has 29 heavy (non-hydrogen) atoms. The number of para-hydroxylation sites is 2. The third-order valence-corrected chi connectivity index (χ3v) is 4.84. The minimum atomic E-state index is -0.244. The minimum Gasteiger partial charge on any atom is -0.382 e. The molecule has 2 aromatic carbocycles. The Morgan fingerprint density at radius 2 is 1.41 bits per heavy atom. The van der Waals surface area contributed by atoms with Crippen LogP contribution >= 0.6 is 0 Å². The van der Waals surface area contributed by atoms with Gasteiger partial charge in [-0.25, -0.2) is 9.36 Å². The van der Waals surface area contributed by atoms with Crippen molar-refractivity contribution in [1.82, 2.24) is 19.1 Å². The number of azo groups is 1. The Morgan fingerprint density at radius 1 is 0.862 bits per heavy atom. The fourth-order valence-corrected chi connectivity index (χ4v) is 3.20. The first-order valence-corrected chi connectivity index (χ1v) is 9.15. The number of anilines is 1. The van der Waals surface area contributed by atoms with E-state index in [1.165, 1.54) is 0 Å². The molecule has 146 valence electrons. The molecule has 0 unspecified atom stereocenters. The van der Waals surface area contributed by atoms with Crippen molar-refractivity contribution >= 4 is 17.2 Å². The number of aryl methyl sites for hydroxylation is 1. The predicted octanol–water partition coefficient (Wildman–Crippen LogP) is 3.98. The van der Waals surface area contributed by atoms with Crippen molar-refractivity contribution < 1.29 is 0 Å². The van der Waals surface area contributed by atoms with Gasteiger partial charge in [0.05, 0.1) is 22.8 Å². The third-order valence-electron chi connectivity index (χ3n) is 4.84. The lowest BCUT2D eigenvalue weighted by Crippen LogP contribution is -2.19. The zero-order valence-corrected chi connectivity index (χ0v) is 16.4. The molecule has 2 heterocycles. The van der Waals surface area contributed by atoms with Gasteiger partial charge in [0.2, 0.25) is 0 Å². The summed E-state index contributed by atoms with van der Waals surface area (Å²) in [6.07, 6.45) is 0. The molecule has 0 radical (unpaired) electrons. The SMILES string of the molecule is Cc1nn(-c2ccccc2)c(N)c1N=Nc1c(C)n(C)n(-c2ccccc2)c1=O. The summed E-state index contributed by atoms with van der Waals surface area (Å²) in [5, 5.41) is 13.0. The number of benzene rings is 2. The van der Waals surface area contributed by atoms with E-state index in [4.69, 9.17) is 5.73 Å². The smallest absolute Gasteiger partial charge is 0.299 e. The van der Waals surface area contributed by atoms with Crippen LogP contribution in [0.25, 0.3) is 11.4 Å². The molecular weight excluding hydrogens is 366 g/mol. The Morgan fingerprint density at radius 3 is 2.03 bits per heavy atom. The van der Waals surface area contributed by atoms with Crippen LogP contribution < -0.4 is 11.3 Å². The zero-order valence-electron chi connectivity index (χ0n) is 16.4. The molecule has 0 amide bonds. The van der Waals surface area contributed by atoms with Gasteiger partial charge in [0, 0.05) is 7.05 Å². The number of hydrogen-bond donors (Lipinski definition) is 1. The van der Waals surface area contributed by atoms with E-state index in [0.29, 0.717) is 22.9 Å². The van der Waals surface area contributed by atoms with Crippen LogP contribution in [0.1, 0.15) is 11.4 Å². The second-order valence-electron chi connectivity index (χ2n) is 6.68. The van der Waals surface area contributed by atoms with Crippen molar-refractivity contribution in [3.63, 3.8) is 0 Å². The zero-order chi connectivity index (χ0) is 20.5. The first-order chi connectivity index (χ1) is 14.0. The standard InChI is InChI=1S/C21H21N7O/c1-14-18(20(22)27(25-14)16-10-6-4-7-11-16)23-24-19-15(2)26(3)28(21(19)29)17-12-8-5-9-13-17/h4-13H,22H2,1-3H3. The van der Waals surface area contributed by atoms with E-state index >= 15 is 0 Å². The molecule has 0 aliphatic heterocycles. The summed E-state index contributed by atoms with van der Waals surface area (Å²) >= 11 is 0. The molecule has 4 rings (SSSR count). The Bertz CT molecular complexity index is 1250. The average molecular weight is 387 g/mol. The monoisotopic (exact) mass is 387 g/mol. The van der Waals surface area contributed by atoms with Crippen molar-refractivity contribution in [3.05, 3.63) is 82.4 Å². The first kappa shape index (κ1) is 18.4.